The van der Waals surface area contributed by atoms with Gasteiger partial charge in [0.15, 0.2) is 0 Å². The van der Waals surface area contributed by atoms with Crippen molar-refractivity contribution in [3.05, 3.63) is 29.8 Å². The van der Waals surface area contributed by atoms with Gasteiger partial charge in [0.1, 0.15) is 0 Å². The van der Waals surface area contributed by atoms with Crippen LogP contribution in [0.5, 0.6) is 0 Å². The fraction of sp³-hybridized carbons (Fsp3) is 0.647. The van der Waals surface area contributed by atoms with Crippen LogP contribution in [0.15, 0.2) is 24.3 Å². The van der Waals surface area contributed by atoms with Crippen molar-refractivity contribution in [3.8, 4) is 0 Å². The van der Waals surface area contributed by atoms with Gasteiger partial charge in [0.2, 0.25) is 0 Å². The molecule has 0 spiro atoms. The second-order valence-corrected chi connectivity index (χ2v) is 6.68. The predicted molar refractivity (Wildman–Crippen MR) is 83.3 cm³/mol. The molecule has 1 aliphatic heterocycles. The molecule has 0 amide bonds. The molecule has 0 bridgehead atoms. The van der Waals surface area contributed by atoms with Crippen LogP contribution in [0.3, 0.4) is 0 Å². The molecule has 1 aromatic rings. The van der Waals surface area contributed by atoms with Gasteiger partial charge < -0.3 is 10.0 Å². The van der Waals surface area contributed by atoms with Gasteiger partial charge in [0.05, 0.1) is 5.60 Å². The Kier molecular flexibility index (Phi) is 3.74. The van der Waals surface area contributed by atoms with Gasteiger partial charge in [-0.05, 0) is 44.4 Å². The third-order valence-corrected chi connectivity index (χ3v) is 4.71. The molecule has 1 N–H and O–H groups in total. The number of rotatable bonds is 4. The van der Waals surface area contributed by atoms with Crippen LogP contribution in [0.4, 0.5) is 5.69 Å². The standard InChI is InChI=1S/C17H26N2O/c1-14(2)18-9-11-19(12-10-18)16-5-3-15(4-6-16)13-17(20)7-8-17/h3-6,14,20H,7-13H2,1-2H3. The first-order chi connectivity index (χ1) is 9.56. The monoisotopic (exact) mass is 274 g/mol. The minimum absolute atomic E-state index is 0.385. The van der Waals surface area contributed by atoms with Crippen molar-refractivity contribution in [1.82, 2.24) is 4.90 Å². The first kappa shape index (κ1) is 13.9. The third kappa shape index (κ3) is 3.15. The maximum Gasteiger partial charge on any atom is 0.0690 e. The van der Waals surface area contributed by atoms with Gasteiger partial charge >= 0.3 is 0 Å². The molecule has 2 aliphatic rings. The van der Waals surface area contributed by atoms with Gasteiger partial charge in [-0.3, -0.25) is 4.90 Å². The van der Waals surface area contributed by atoms with Gasteiger partial charge in [-0.25, -0.2) is 0 Å². The summed E-state index contributed by atoms with van der Waals surface area (Å²) >= 11 is 0. The van der Waals surface area contributed by atoms with Gasteiger partial charge in [-0.15, -0.1) is 0 Å². The molecular formula is C17H26N2O. The van der Waals surface area contributed by atoms with Crippen LogP contribution in [0, 0.1) is 0 Å². The second-order valence-electron chi connectivity index (χ2n) is 6.68. The maximum absolute atomic E-state index is 9.97. The van der Waals surface area contributed by atoms with Crippen LogP contribution in [-0.4, -0.2) is 47.8 Å². The molecule has 20 heavy (non-hydrogen) atoms. The van der Waals surface area contributed by atoms with Crippen LogP contribution in [0.25, 0.3) is 0 Å². The van der Waals surface area contributed by atoms with Crippen molar-refractivity contribution in [2.24, 2.45) is 0 Å². The van der Waals surface area contributed by atoms with Crippen LogP contribution < -0.4 is 4.90 Å². The van der Waals surface area contributed by atoms with E-state index in [0.29, 0.717) is 6.04 Å². The molecule has 3 nitrogen and oxygen atoms in total. The largest absolute Gasteiger partial charge is 0.390 e. The van der Waals surface area contributed by atoms with Crippen LogP contribution in [0.2, 0.25) is 0 Å². The molecule has 1 heterocycles. The molecule has 1 saturated heterocycles. The zero-order valence-electron chi connectivity index (χ0n) is 12.7. The number of benzene rings is 1. The highest BCUT2D eigenvalue weighted by atomic mass is 16.3. The Labute approximate surface area is 122 Å². The van der Waals surface area contributed by atoms with Crippen LogP contribution in [0.1, 0.15) is 32.3 Å². The summed E-state index contributed by atoms with van der Waals surface area (Å²) in [6.07, 6.45) is 2.74. The SMILES string of the molecule is CC(C)N1CCN(c2ccc(CC3(O)CC3)cc2)CC1. The molecular weight excluding hydrogens is 248 g/mol. The van der Waals surface area contributed by atoms with Gasteiger partial charge in [0.25, 0.3) is 0 Å². The first-order valence-corrected chi connectivity index (χ1v) is 7.86. The molecule has 3 rings (SSSR count). The topological polar surface area (TPSA) is 26.7 Å². The maximum atomic E-state index is 9.97. The predicted octanol–water partition coefficient (Wildman–Crippen LogP) is 2.28. The molecule has 0 radical (unpaired) electrons. The molecule has 3 heteroatoms. The summed E-state index contributed by atoms with van der Waals surface area (Å²) in [5.74, 6) is 0. The van der Waals surface area contributed by atoms with E-state index in [9.17, 15) is 5.11 Å². The molecule has 0 atom stereocenters. The second kappa shape index (κ2) is 5.38. The molecule has 0 unspecified atom stereocenters. The smallest absolute Gasteiger partial charge is 0.0690 e. The minimum atomic E-state index is -0.385. The number of aliphatic hydroxyl groups is 1. The molecule has 110 valence electrons. The Morgan fingerprint density at radius 1 is 1.05 bits per heavy atom. The average molecular weight is 274 g/mol. The quantitative estimate of drug-likeness (QED) is 0.912. The summed E-state index contributed by atoms with van der Waals surface area (Å²) < 4.78 is 0. The summed E-state index contributed by atoms with van der Waals surface area (Å²) in [6.45, 7) is 9.07. The summed E-state index contributed by atoms with van der Waals surface area (Å²) in [6, 6.07) is 9.44. The third-order valence-electron chi connectivity index (χ3n) is 4.71. The summed E-state index contributed by atoms with van der Waals surface area (Å²) in [5, 5.41) is 9.97. The summed E-state index contributed by atoms with van der Waals surface area (Å²) in [5.41, 5.74) is 2.19. The van der Waals surface area contributed by atoms with Crippen molar-refractivity contribution >= 4 is 5.69 Å². The molecule has 2 fully saturated rings. The van der Waals surface area contributed by atoms with Crippen molar-refractivity contribution in [1.29, 1.82) is 0 Å². The van der Waals surface area contributed by atoms with E-state index < -0.39 is 0 Å². The fourth-order valence-corrected chi connectivity index (χ4v) is 3.02. The van der Waals surface area contributed by atoms with E-state index in [0.717, 1.165) is 45.4 Å². The molecule has 1 saturated carbocycles. The number of hydrogen-bond acceptors (Lipinski definition) is 3. The summed E-state index contributed by atoms with van der Waals surface area (Å²) in [7, 11) is 0. The summed E-state index contributed by atoms with van der Waals surface area (Å²) in [4.78, 5) is 5.00. The number of hydrogen-bond donors (Lipinski definition) is 1. The fourth-order valence-electron chi connectivity index (χ4n) is 3.02. The van der Waals surface area contributed by atoms with Gasteiger partial charge in [-0.2, -0.15) is 0 Å². The number of piperazine rings is 1. The number of nitrogens with zero attached hydrogens (tertiary/aromatic N) is 2. The van der Waals surface area contributed by atoms with E-state index in [1.54, 1.807) is 0 Å². The average Bonchev–Trinajstić information content (AvgIpc) is 3.17. The van der Waals surface area contributed by atoms with Crippen LogP contribution in [-0.2, 0) is 6.42 Å². The Morgan fingerprint density at radius 2 is 1.65 bits per heavy atom. The van der Waals surface area contributed by atoms with E-state index in [1.165, 1.54) is 11.3 Å². The van der Waals surface area contributed by atoms with Crippen molar-refractivity contribution < 1.29 is 5.11 Å². The Bertz CT molecular complexity index is 443. The highest BCUT2D eigenvalue weighted by Crippen LogP contribution is 2.38. The van der Waals surface area contributed by atoms with Gasteiger partial charge in [-0.1, -0.05) is 12.1 Å². The Balaban J connectivity index is 1.58. The first-order valence-electron chi connectivity index (χ1n) is 7.86. The molecule has 1 aliphatic carbocycles. The highest BCUT2D eigenvalue weighted by Gasteiger charge is 2.40. The Hall–Kier alpha value is -1.06. The normalized spacial score (nSPS) is 22.3. The van der Waals surface area contributed by atoms with Crippen molar-refractivity contribution in [2.75, 3.05) is 31.1 Å². The minimum Gasteiger partial charge on any atom is -0.390 e. The number of anilines is 1. The zero-order chi connectivity index (χ0) is 14.2. The van der Waals surface area contributed by atoms with E-state index in [-0.39, 0.29) is 5.60 Å². The van der Waals surface area contributed by atoms with E-state index in [2.05, 4.69) is 47.9 Å². The van der Waals surface area contributed by atoms with E-state index >= 15 is 0 Å². The molecule has 1 aromatic carbocycles. The lowest BCUT2D eigenvalue weighted by Crippen LogP contribution is -2.48. The lowest BCUT2D eigenvalue weighted by Gasteiger charge is -2.38. The van der Waals surface area contributed by atoms with Gasteiger partial charge in [0, 0.05) is 44.3 Å². The van der Waals surface area contributed by atoms with Crippen LogP contribution >= 0.6 is 0 Å². The zero-order valence-corrected chi connectivity index (χ0v) is 12.7. The lowest BCUT2D eigenvalue weighted by atomic mass is 10.1. The van der Waals surface area contributed by atoms with Crippen molar-refractivity contribution in [3.63, 3.8) is 0 Å². The van der Waals surface area contributed by atoms with E-state index in [4.69, 9.17) is 0 Å². The highest BCUT2D eigenvalue weighted by molar-refractivity contribution is 5.48. The van der Waals surface area contributed by atoms with E-state index in [1.807, 2.05) is 0 Å². The lowest BCUT2D eigenvalue weighted by molar-refractivity contribution is 0.151. The Morgan fingerprint density at radius 3 is 2.15 bits per heavy atom. The molecule has 0 aromatic heterocycles. The van der Waals surface area contributed by atoms with Crippen molar-refractivity contribution in [2.45, 2.75) is 44.8 Å².